The number of aromatic nitrogens is 4. The van der Waals surface area contributed by atoms with Crippen LogP contribution < -0.4 is 5.56 Å². The van der Waals surface area contributed by atoms with E-state index in [9.17, 15) is 4.79 Å². The Morgan fingerprint density at radius 2 is 1.89 bits per heavy atom. The zero-order chi connectivity index (χ0) is 19.5. The zero-order valence-electron chi connectivity index (χ0n) is 15.2. The van der Waals surface area contributed by atoms with Crippen LogP contribution >= 0.6 is 11.6 Å². The fourth-order valence-electron chi connectivity index (χ4n) is 2.85. The van der Waals surface area contributed by atoms with E-state index in [1.807, 2.05) is 37.3 Å². The maximum absolute atomic E-state index is 12.2. The van der Waals surface area contributed by atoms with Crippen LogP contribution in [0.5, 0.6) is 0 Å². The van der Waals surface area contributed by atoms with Crippen LogP contribution in [-0.4, -0.2) is 19.7 Å². The van der Waals surface area contributed by atoms with Crippen molar-refractivity contribution in [1.82, 2.24) is 19.7 Å². The molecule has 1 aromatic carbocycles. The van der Waals surface area contributed by atoms with Crippen LogP contribution in [0.25, 0.3) is 11.4 Å². The third kappa shape index (κ3) is 4.18. The van der Waals surface area contributed by atoms with Crippen molar-refractivity contribution in [3.05, 3.63) is 99.0 Å². The Morgan fingerprint density at radius 1 is 1.07 bits per heavy atom. The number of pyridine rings is 2. The van der Waals surface area contributed by atoms with Gasteiger partial charge in [-0.3, -0.25) is 4.79 Å². The van der Waals surface area contributed by atoms with E-state index < -0.39 is 0 Å². The number of aryl methyl sites for hydroxylation is 1. The SMILES string of the molecule is Cc1ccc(Cc2nc(-c3ccc(=O)n(Cc4ccnc(Cl)c4)c3)no2)cc1. The van der Waals surface area contributed by atoms with Crippen molar-refractivity contribution in [1.29, 1.82) is 0 Å². The lowest BCUT2D eigenvalue weighted by Crippen LogP contribution is -2.19. The quantitative estimate of drug-likeness (QED) is 0.481. The van der Waals surface area contributed by atoms with E-state index in [0.29, 0.717) is 35.4 Å². The highest BCUT2D eigenvalue weighted by molar-refractivity contribution is 6.29. The minimum absolute atomic E-state index is 0.125. The minimum atomic E-state index is -0.125. The molecule has 4 rings (SSSR count). The first-order chi connectivity index (χ1) is 13.6. The number of nitrogens with zero attached hydrogens (tertiary/aromatic N) is 4. The Bertz CT molecular complexity index is 1170. The fourth-order valence-corrected chi connectivity index (χ4v) is 3.05. The van der Waals surface area contributed by atoms with Crippen molar-refractivity contribution in [2.75, 3.05) is 0 Å². The van der Waals surface area contributed by atoms with Crippen molar-refractivity contribution in [2.45, 2.75) is 19.9 Å². The van der Waals surface area contributed by atoms with Gasteiger partial charge < -0.3 is 9.09 Å². The monoisotopic (exact) mass is 392 g/mol. The Morgan fingerprint density at radius 3 is 2.68 bits per heavy atom. The summed E-state index contributed by atoms with van der Waals surface area (Å²) in [6.07, 6.45) is 3.89. The molecule has 0 aliphatic carbocycles. The fraction of sp³-hybridized carbons (Fsp3) is 0.143. The standard InChI is InChI=1S/C21H17ClN4O2/c1-14-2-4-15(5-3-14)11-19-24-21(25-28-19)17-6-7-20(27)26(13-17)12-16-8-9-23-18(22)10-16/h2-10,13H,11-12H2,1H3. The van der Waals surface area contributed by atoms with Crippen LogP contribution in [0.2, 0.25) is 5.15 Å². The Kier molecular flexibility index (Phi) is 5.04. The molecular formula is C21H17ClN4O2. The average molecular weight is 393 g/mol. The zero-order valence-corrected chi connectivity index (χ0v) is 15.9. The highest BCUT2D eigenvalue weighted by Gasteiger charge is 2.11. The predicted octanol–water partition coefficient (Wildman–Crippen LogP) is 3.89. The first kappa shape index (κ1) is 18.1. The highest BCUT2D eigenvalue weighted by Crippen LogP contribution is 2.17. The van der Waals surface area contributed by atoms with E-state index in [1.54, 1.807) is 29.1 Å². The molecule has 7 heteroatoms. The lowest BCUT2D eigenvalue weighted by molar-refractivity contribution is 0.385. The molecule has 140 valence electrons. The number of benzene rings is 1. The smallest absolute Gasteiger partial charge is 0.250 e. The average Bonchev–Trinajstić information content (AvgIpc) is 3.14. The molecule has 0 aliphatic heterocycles. The van der Waals surface area contributed by atoms with Crippen molar-refractivity contribution < 1.29 is 4.52 Å². The Hall–Kier alpha value is -3.25. The van der Waals surface area contributed by atoms with Crippen LogP contribution in [0.1, 0.15) is 22.6 Å². The number of rotatable bonds is 5. The third-order valence-electron chi connectivity index (χ3n) is 4.33. The van der Waals surface area contributed by atoms with Gasteiger partial charge in [-0.05, 0) is 36.2 Å². The molecule has 0 aliphatic rings. The second-order valence-corrected chi connectivity index (χ2v) is 6.93. The van der Waals surface area contributed by atoms with Crippen molar-refractivity contribution in [2.24, 2.45) is 0 Å². The maximum Gasteiger partial charge on any atom is 0.250 e. The molecule has 0 spiro atoms. The van der Waals surface area contributed by atoms with E-state index >= 15 is 0 Å². The second-order valence-electron chi connectivity index (χ2n) is 6.54. The van der Waals surface area contributed by atoms with Gasteiger partial charge in [0.2, 0.25) is 11.7 Å². The molecule has 0 saturated carbocycles. The van der Waals surface area contributed by atoms with Crippen molar-refractivity contribution in [3.63, 3.8) is 0 Å². The van der Waals surface area contributed by atoms with Gasteiger partial charge in [0.15, 0.2) is 0 Å². The summed E-state index contributed by atoms with van der Waals surface area (Å²) in [5.74, 6) is 0.973. The van der Waals surface area contributed by atoms with E-state index in [4.69, 9.17) is 16.1 Å². The van der Waals surface area contributed by atoms with Crippen LogP contribution in [0, 0.1) is 6.92 Å². The van der Waals surface area contributed by atoms with Crippen LogP contribution in [0.4, 0.5) is 0 Å². The molecule has 0 unspecified atom stereocenters. The summed E-state index contributed by atoms with van der Waals surface area (Å²) in [7, 11) is 0. The topological polar surface area (TPSA) is 73.8 Å². The number of hydrogen-bond donors (Lipinski definition) is 0. The summed E-state index contributed by atoms with van der Waals surface area (Å²) in [5, 5.41) is 4.45. The lowest BCUT2D eigenvalue weighted by atomic mass is 10.1. The summed E-state index contributed by atoms with van der Waals surface area (Å²) < 4.78 is 6.96. The summed E-state index contributed by atoms with van der Waals surface area (Å²) in [4.78, 5) is 20.6. The molecule has 3 heterocycles. The molecular weight excluding hydrogens is 376 g/mol. The molecule has 0 N–H and O–H groups in total. The summed E-state index contributed by atoms with van der Waals surface area (Å²) in [6, 6.07) is 14.9. The predicted molar refractivity (Wildman–Crippen MR) is 106 cm³/mol. The maximum atomic E-state index is 12.2. The number of hydrogen-bond acceptors (Lipinski definition) is 5. The molecule has 0 fully saturated rings. The van der Waals surface area contributed by atoms with Gasteiger partial charge in [-0.2, -0.15) is 4.98 Å². The van der Waals surface area contributed by atoms with E-state index in [2.05, 4.69) is 15.1 Å². The van der Waals surface area contributed by atoms with Crippen molar-refractivity contribution >= 4 is 11.6 Å². The van der Waals surface area contributed by atoms with E-state index in [1.165, 1.54) is 11.6 Å². The summed E-state index contributed by atoms with van der Waals surface area (Å²) in [6.45, 7) is 2.42. The Labute approximate surface area is 166 Å². The Balaban J connectivity index is 1.57. The molecule has 0 bridgehead atoms. The molecule has 28 heavy (non-hydrogen) atoms. The molecule has 6 nitrogen and oxygen atoms in total. The normalized spacial score (nSPS) is 10.9. The van der Waals surface area contributed by atoms with E-state index in [0.717, 1.165) is 11.1 Å². The summed E-state index contributed by atoms with van der Waals surface area (Å²) >= 11 is 5.92. The second kappa shape index (κ2) is 7.78. The first-order valence-corrected chi connectivity index (χ1v) is 9.14. The number of halogens is 1. The third-order valence-corrected chi connectivity index (χ3v) is 4.54. The van der Waals surface area contributed by atoms with Gasteiger partial charge in [0.05, 0.1) is 13.0 Å². The molecule has 4 aromatic rings. The van der Waals surface area contributed by atoms with Gasteiger partial charge >= 0.3 is 0 Å². The first-order valence-electron chi connectivity index (χ1n) is 8.76. The largest absolute Gasteiger partial charge is 0.339 e. The van der Waals surface area contributed by atoms with Gasteiger partial charge in [-0.25, -0.2) is 4.98 Å². The van der Waals surface area contributed by atoms with Gasteiger partial charge in [0, 0.05) is 24.0 Å². The molecule has 3 aromatic heterocycles. The van der Waals surface area contributed by atoms with Gasteiger partial charge in [-0.1, -0.05) is 46.6 Å². The van der Waals surface area contributed by atoms with Gasteiger partial charge in [-0.15, -0.1) is 0 Å². The van der Waals surface area contributed by atoms with Gasteiger partial charge in [0.1, 0.15) is 5.15 Å². The van der Waals surface area contributed by atoms with Crippen molar-refractivity contribution in [3.8, 4) is 11.4 Å². The van der Waals surface area contributed by atoms with E-state index in [-0.39, 0.29) is 5.56 Å². The molecule has 0 radical (unpaired) electrons. The lowest BCUT2D eigenvalue weighted by Gasteiger charge is -2.07. The minimum Gasteiger partial charge on any atom is -0.339 e. The summed E-state index contributed by atoms with van der Waals surface area (Å²) in [5.41, 5.74) is 3.76. The molecule has 0 amide bonds. The molecule has 0 atom stereocenters. The van der Waals surface area contributed by atoms with Crippen LogP contribution in [-0.2, 0) is 13.0 Å². The molecule has 0 saturated heterocycles. The highest BCUT2D eigenvalue weighted by atomic mass is 35.5. The van der Waals surface area contributed by atoms with Crippen LogP contribution in [0.3, 0.4) is 0 Å². The van der Waals surface area contributed by atoms with Crippen LogP contribution in [0.15, 0.2) is 70.2 Å². The van der Waals surface area contributed by atoms with Gasteiger partial charge in [0.25, 0.3) is 5.56 Å².